The third-order valence-corrected chi connectivity index (χ3v) is 4.51. The van der Waals surface area contributed by atoms with Crippen LogP contribution in [-0.2, 0) is 9.53 Å². The smallest absolute Gasteiger partial charge is 0.317 e. The molecule has 1 aliphatic heterocycles. The van der Waals surface area contributed by atoms with E-state index in [4.69, 9.17) is 4.74 Å². The molecular formula is C13H23NO3. The average molecular weight is 241 g/mol. The lowest BCUT2D eigenvalue weighted by Crippen LogP contribution is -2.70. The summed E-state index contributed by atoms with van der Waals surface area (Å²) in [7, 11) is 0. The molecule has 2 N–H and O–H groups in total. The Kier molecular flexibility index (Phi) is 3.46. The van der Waals surface area contributed by atoms with Gasteiger partial charge in [-0.25, -0.2) is 0 Å². The Labute approximate surface area is 103 Å². The molecule has 17 heavy (non-hydrogen) atoms. The number of nitrogens with one attached hydrogen (secondary N) is 1. The normalized spacial score (nSPS) is 36.1. The Balaban J connectivity index is 2.14. The molecule has 4 heteroatoms. The van der Waals surface area contributed by atoms with E-state index in [1.54, 1.807) is 0 Å². The maximum atomic E-state index is 12.1. The summed E-state index contributed by atoms with van der Waals surface area (Å²) in [5.41, 5.74) is -1.56. The van der Waals surface area contributed by atoms with Crippen LogP contribution in [-0.4, -0.2) is 36.4 Å². The van der Waals surface area contributed by atoms with Gasteiger partial charge in [-0.1, -0.05) is 6.92 Å². The maximum absolute atomic E-state index is 12.1. The highest BCUT2D eigenvalue weighted by molar-refractivity contribution is 5.80. The van der Waals surface area contributed by atoms with Crippen LogP contribution in [0.3, 0.4) is 0 Å². The van der Waals surface area contributed by atoms with Crippen LogP contribution < -0.4 is 5.32 Å². The predicted octanol–water partition coefficient (Wildman–Crippen LogP) is 1.08. The monoisotopic (exact) mass is 241 g/mol. The van der Waals surface area contributed by atoms with Crippen molar-refractivity contribution in [1.82, 2.24) is 5.32 Å². The van der Waals surface area contributed by atoms with Crippen molar-refractivity contribution in [3.05, 3.63) is 0 Å². The number of ether oxygens (including phenoxy) is 1. The van der Waals surface area contributed by atoms with Gasteiger partial charge in [-0.2, -0.15) is 0 Å². The Bertz CT molecular complexity index is 291. The Morgan fingerprint density at radius 2 is 2.00 bits per heavy atom. The van der Waals surface area contributed by atoms with Crippen LogP contribution in [0.15, 0.2) is 0 Å². The van der Waals surface area contributed by atoms with Gasteiger partial charge in [0.2, 0.25) is 0 Å². The minimum absolute atomic E-state index is 0.226. The minimum atomic E-state index is -0.864. The summed E-state index contributed by atoms with van der Waals surface area (Å²) in [6.07, 6.45) is 3.43. The number of esters is 1. The molecule has 0 bridgehead atoms. The van der Waals surface area contributed by atoms with Gasteiger partial charge in [0.25, 0.3) is 0 Å². The van der Waals surface area contributed by atoms with Crippen molar-refractivity contribution in [2.75, 3.05) is 19.7 Å². The van der Waals surface area contributed by atoms with Gasteiger partial charge in [-0.05, 0) is 38.5 Å². The van der Waals surface area contributed by atoms with Gasteiger partial charge < -0.3 is 15.2 Å². The average Bonchev–Trinajstić information content (AvgIpc) is 2.21. The van der Waals surface area contributed by atoms with Crippen LogP contribution in [0.5, 0.6) is 0 Å². The second kappa shape index (κ2) is 4.58. The van der Waals surface area contributed by atoms with Crippen molar-refractivity contribution in [2.24, 2.45) is 11.3 Å². The summed E-state index contributed by atoms with van der Waals surface area (Å²) in [4.78, 5) is 12.1. The molecule has 4 nitrogen and oxygen atoms in total. The summed E-state index contributed by atoms with van der Waals surface area (Å²) < 4.78 is 5.16. The van der Waals surface area contributed by atoms with Gasteiger partial charge in [0.05, 0.1) is 12.2 Å². The molecule has 0 aromatic carbocycles. The molecule has 1 aliphatic carbocycles. The lowest BCUT2D eigenvalue weighted by atomic mass is 9.60. The van der Waals surface area contributed by atoms with E-state index in [1.807, 2.05) is 6.92 Å². The number of aliphatic hydroxyl groups is 1. The lowest BCUT2D eigenvalue weighted by molar-refractivity contribution is -0.191. The number of carbonyl (C=O) groups excluding carboxylic acids is 1. The van der Waals surface area contributed by atoms with E-state index in [0.717, 1.165) is 12.8 Å². The van der Waals surface area contributed by atoms with Gasteiger partial charge >= 0.3 is 5.97 Å². The quantitative estimate of drug-likeness (QED) is 0.726. The zero-order valence-electron chi connectivity index (χ0n) is 10.8. The second-order valence-electron chi connectivity index (χ2n) is 5.62. The Morgan fingerprint density at radius 1 is 1.41 bits per heavy atom. The van der Waals surface area contributed by atoms with Gasteiger partial charge in [0.1, 0.15) is 5.41 Å². The number of rotatable bonds is 3. The first-order chi connectivity index (χ1) is 8.04. The molecule has 0 spiro atoms. The van der Waals surface area contributed by atoms with E-state index >= 15 is 0 Å². The highest BCUT2D eigenvalue weighted by Crippen LogP contribution is 2.47. The molecule has 98 valence electrons. The van der Waals surface area contributed by atoms with E-state index in [1.165, 1.54) is 0 Å². The summed E-state index contributed by atoms with van der Waals surface area (Å²) in [6.45, 7) is 5.50. The molecule has 1 heterocycles. The molecule has 1 saturated carbocycles. The van der Waals surface area contributed by atoms with E-state index in [2.05, 4.69) is 12.2 Å². The van der Waals surface area contributed by atoms with Crippen molar-refractivity contribution in [3.63, 3.8) is 0 Å². The molecule has 1 saturated heterocycles. The highest BCUT2D eigenvalue weighted by Gasteiger charge is 2.60. The second-order valence-corrected chi connectivity index (χ2v) is 5.62. The van der Waals surface area contributed by atoms with Crippen LogP contribution in [0.25, 0.3) is 0 Å². The third kappa shape index (κ3) is 1.97. The van der Waals surface area contributed by atoms with Crippen LogP contribution in [0.4, 0.5) is 0 Å². The fourth-order valence-electron chi connectivity index (χ4n) is 3.03. The van der Waals surface area contributed by atoms with Crippen molar-refractivity contribution >= 4 is 5.97 Å². The summed E-state index contributed by atoms with van der Waals surface area (Å²) in [6, 6.07) is 0. The van der Waals surface area contributed by atoms with E-state index in [-0.39, 0.29) is 5.97 Å². The van der Waals surface area contributed by atoms with E-state index < -0.39 is 11.0 Å². The maximum Gasteiger partial charge on any atom is 0.317 e. The zero-order chi connectivity index (χ0) is 12.5. The van der Waals surface area contributed by atoms with Gasteiger partial charge in [-0.3, -0.25) is 4.79 Å². The largest absolute Gasteiger partial charge is 0.465 e. The summed E-state index contributed by atoms with van der Waals surface area (Å²) in [5, 5.41) is 13.9. The van der Waals surface area contributed by atoms with Crippen LogP contribution in [0.1, 0.15) is 39.5 Å². The Hall–Kier alpha value is -0.610. The number of hydrogen-bond acceptors (Lipinski definition) is 4. The fraction of sp³-hybridized carbons (Fsp3) is 0.923. The first-order valence-corrected chi connectivity index (χ1v) is 6.64. The summed E-state index contributed by atoms with van der Waals surface area (Å²) in [5.74, 6) is 0.429. The number of carbonyl (C=O) groups is 1. The SMILES string of the molecule is CCOC(=O)C1(C2(O)CCC(C)CC2)CNC1. The van der Waals surface area contributed by atoms with Crippen LogP contribution in [0, 0.1) is 11.3 Å². The van der Waals surface area contributed by atoms with Gasteiger partial charge in [0.15, 0.2) is 0 Å². The fourth-order valence-corrected chi connectivity index (χ4v) is 3.03. The van der Waals surface area contributed by atoms with Crippen molar-refractivity contribution in [1.29, 1.82) is 0 Å². The molecule has 0 radical (unpaired) electrons. The molecule has 0 aromatic heterocycles. The zero-order valence-corrected chi connectivity index (χ0v) is 10.8. The molecule has 0 aromatic rings. The summed E-state index contributed by atoms with van der Waals surface area (Å²) >= 11 is 0. The van der Waals surface area contributed by atoms with Crippen molar-refractivity contribution < 1.29 is 14.6 Å². The lowest BCUT2D eigenvalue weighted by Gasteiger charge is -2.53. The van der Waals surface area contributed by atoms with E-state index in [9.17, 15) is 9.90 Å². The highest BCUT2D eigenvalue weighted by atomic mass is 16.5. The van der Waals surface area contributed by atoms with Crippen LogP contribution >= 0.6 is 0 Å². The van der Waals surface area contributed by atoms with Crippen LogP contribution in [0.2, 0.25) is 0 Å². The van der Waals surface area contributed by atoms with Crippen molar-refractivity contribution in [3.8, 4) is 0 Å². The molecule has 0 unspecified atom stereocenters. The van der Waals surface area contributed by atoms with Gasteiger partial charge in [-0.15, -0.1) is 0 Å². The van der Waals surface area contributed by atoms with Gasteiger partial charge in [0, 0.05) is 13.1 Å². The molecule has 2 fully saturated rings. The first kappa shape index (κ1) is 12.8. The topological polar surface area (TPSA) is 58.6 Å². The van der Waals surface area contributed by atoms with Crippen molar-refractivity contribution in [2.45, 2.75) is 45.1 Å². The third-order valence-electron chi connectivity index (χ3n) is 4.51. The molecule has 2 aliphatic rings. The predicted molar refractivity (Wildman–Crippen MR) is 64.5 cm³/mol. The molecule has 2 rings (SSSR count). The standard InChI is InChI=1S/C13H23NO3/c1-3-17-11(15)12(8-14-9-12)13(16)6-4-10(2)5-7-13/h10,14,16H,3-9H2,1-2H3. The first-order valence-electron chi connectivity index (χ1n) is 6.64. The molecular weight excluding hydrogens is 218 g/mol. The number of hydrogen-bond donors (Lipinski definition) is 2. The van der Waals surface area contributed by atoms with E-state index in [0.29, 0.717) is 38.5 Å². The minimum Gasteiger partial charge on any atom is -0.465 e. The molecule has 0 amide bonds. The Morgan fingerprint density at radius 3 is 2.41 bits per heavy atom. The molecule has 0 atom stereocenters.